The third kappa shape index (κ3) is 3.06. The minimum absolute atomic E-state index is 0.0631. The highest BCUT2D eigenvalue weighted by Crippen LogP contribution is 2.16. The Labute approximate surface area is 128 Å². The van der Waals surface area contributed by atoms with E-state index in [1.807, 2.05) is 36.4 Å². The number of piperazine rings is 1. The van der Waals surface area contributed by atoms with Crippen molar-refractivity contribution in [3.8, 4) is 0 Å². The molecule has 0 saturated carbocycles. The Morgan fingerprint density at radius 1 is 1.09 bits per heavy atom. The minimum atomic E-state index is -0.259. The molecule has 1 aromatic heterocycles. The first-order chi connectivity index (χ1) is 10.7. The summed E-state index contributed by atoms with van der Waals surface area (Å²) in [5.74, 6) is -0.109. The number of aromatic nitrogens is 1. The monoisotopic (exact) mass is 296 g/mol. The van der Waals surface area contributed by atoms with Crippen molar-refractivity contribution in [2.24, 2.45) is 0 Å². The van der Waals surface area contributed by atoms with Crippen molar-refractivity contribution >= 4 is 23.3 Å². The fourth-order valence-corrected chi connectivity index (χ4v) is 2.36. The molecule has 1 N–H and O–H groups in total. The predicted octanol–water partition coefficient (Wildman–Crippen LogP) is 1.96. The molecule has 1 saturated heterocycles. The van der Waals surface area contributed by atoms with Crippen LogP contribution in [0.5, 0.6) is 0 Å². The summed E-state index contributed by atoms with van der Waals surface area (Å²) < 4.78 is 0. The molecular formula is C16H16N4O2. The van der Waals surface area contributed by atoms with Crippen molar-refractivity contribution < 1.29 is 9.59 Å². The van der Waals surface area contributed by atoms with E-state index < -0.39 is 0 Å². The number of rotatable bonds is 2. The largest absolute Gasteiger partial charge is 0.322 e. The second kappa shape index (κ2) is 6.26. The molecule has 1 fully saturated rings. The number of amides is 3. The van der Waals surface area contributed by atoms with Crippen LogP contribution in [-0.4, -0.2) is 41.5 Å². The number of carbonyl (C=O) groups excluding carboxylic acids is 2. The van der Waals surface area contributed by atoms with E-state index in [-0.39, 0.29) is 18.5 Å². The number of urea groups is 1. The Kier molecular flexibility index (Phi) is 4.00. The van der Waals surface area contributed by atoms with Gasteiger partial charge in [-0.1, -0.05) is 18.2 Å². The quantitative estimate of drug-likeness (QED) is 0.921. The molecule has 22 heavy (non-hydrogen) atoms. The van der Waals surface area contributed by atoms with E-state index in [4.69, 9.17) is 0 Å². The molecule has 6 heteroatoms. The van der Waals surface area contributed by atoms with Gasteiger partial charge in [-0.25, -0.2) is 4.79 Å². The molecule has 1 aromatic carbocycles. The molecule has 1 aliphatic heterocycles. The van der Waals surface area contributed by atoms with Crippen LogP contribution in [0, 0.1) is 0 Å². The minimum Gasteiger partial charge on any atom is -0.313 e. The summed E-state index contributed by atoms with van der Waals surface area (Å²) >= 11 is 0. The molecule has 112 valence electrons. The molecule has 2 aromatic rings. The van der Waals surface area contributed by atoms with Gasteiger partial charge in [-0.3, -0.25) is 9.78 Å². The van der Waals surface area contributed by atoms with Crippen molar-refractivity contribution in [2.45, 2.75) is 0 Å². The van der Waals surface area contributed by atoms with E-state index in [0.29, 0.717) is 13.1 Å². The zero-order valence-electron chi connectivity index (χ0n) is 12.0. The van der Waals surface area contributed by atoms with Crippen LogP contribution in [0.3, 0.4) is 0 Å². The molecule has 1 aliphatic rings. The van der Waals surface area contributed by atoms with E-state index >= 15 is 0 Å². The maximum atomic E-state index is 12.2. The van der Waals surface area contributed by atoms with Gasteiger partial charge in [-0.2, -0.15) is 0 Å². The molecule has 0 unspecified atom stereocenters. The molecule has 0 atom stereocenters. The Balaban J connectivity index is 1.63. The maximum absolute atomic E-state index is 12.2. The molecule has 0 radical (unpaired) electrons. The molecule has 3 amide bonds. The third-order valence-electron chi connectivity index (χ3n) is 3.49. The summed E-state index contributed by atoms with van der Waals surface area (Å²) in [4.78, 5) is 31.6. The van der Waals surface area contributed by atoms with Gasteiger partial charge in [0.15, 0.2) is 0 Å². The lowest BCUT2D eigenvalue weighted by molar-refractivity contribution is -0.120. The summed E-state index contributed by atoms with van der Waals surface area (Å²) in [7, 11) is 0. The van der Waals surface area contributed by atoms with Crippen LogP contribution in [-0.2, 0) is 4.79 Å². The van der Waals surface area contributed by atoms with Crippen LogP contribution >= 0.6 is 0 Å². The van der Waals surface area contributed by atoms with Crippen LogP contribution in [0.15, 0.2) is 54.9 Å². The lowest BCUT2D eigenvalue weighted by Crippen LogP contribution is -2.53. The highest BCUT2D eigenvalue weighted by atomic mass is 16.2. The standard InChI is InChI=1S/C16H16N4O2/c21-15-12-19(16(22)18-13-5-2-1-3-6-13)9-10-20(15)14-7-4-8-17-11-14/h1-8,11H,9-10,12H2,(H,18,22). The maximum Gasteiger partial charge on any atom is 0.322 e. The van der Waals surface area contributed by atoms with Gasteiger partial charge < -0.3 is 15.1 Å². The van der Waals surface area contributed by atoms with Crippen LogP contribution in [0.25, 0.3) is 0 Å². The third-order valence-corrected chi connectivity index (χ3v) is 3.49. The average molecular weight is 296 g/mol. The number of carbonyl (C=O) groups is 2. The topological polar surface area (TPSA) is 65.5 Å². The summed E-state index contributed by atoms with van der Waals surface area (Å²) in [5, 5.41) is 2.79. The fraction of sp³-hybridized carbons (Fsp3) is 0.188. The van der Waals surface area contributed by atoms with Crippen LogP contribution in [0.1, 0.15) is 0 Å². The Hall–Kier alpha value is -2.89. The van der Waals surface area contributed by atoms with Gasteiger partial charge >= 0.3 is 6.03 Å². The fourth-order valence-electron chi connectivity index (χ4n) is 2.36. The van der Waals surface area contributed by atoms with Crippen molar-refractivity contribution in [1.82, 2.24) is 9.88 Å². The highest BCUT2D eigenvalue weighted by Gasteiger charge is 2.28. The zero-order chi connectivity index (χ0) is 15.4. The molecule has 0 aliphatic carbocycles. The zero-order valence-corrected chi connectivity index (χ0v) is 12.0. The Morgan fingerprint density at radius 3 is 2.59 bits per heavy atom. The number of anilines is 2. The van der Waals surface area contributed by atoms with E-state index in [0.717, 1.165) is 11.4 Å². The molecule has 0 bridgehead atoms. The number of pyridine rings is 1. The Morgan fingerprint density at radius 2 is 1.91 bits per heavy atom. The van der Waals surface area contributed by atoms with Crippen LogP contribution in [0.4, 0.5) is 16.2 Å². The van der Waals surface area contributed by atoms with Gasteiger partial charge in [0.05, 0.1) is 11.9 Å². The number of benzene rings is 1. The molecular weight excluding hydrogens is 280 g/mol. The number of para-hydroxylation sites is 1. The first-order valence-electron chi connectivity index (χ1n) is 7.05. The molecule has 3 rings (SSSR count). The van der Waals surface area contributed by atoms with Crippen molar-refractivity contribution in [2.75, 3.05) is 29.9 Å². The lowest BCUT2D eigenvalue weighted by atomic mass is 10.2. The Bertz CT molecular complexity index is 658. The first-order valence-corrected chi connectivity index (χ1v) is 7.05. The van der Waals surface area contributed by atoms with Gasteiger partial charge in [0.25, 0.3) is 0 Å². The number of hydrogen-bond acceptors (Lipinski definition) is 3. The summed E-state index contributed by atoms with van der Waals surface area (Å²) in [5.41, 5.74) is 1.48. The van der Waals surface area contributed by atoms with Gasteiger partial charge in [-0.05, 0) is 24.3 Å². The smallest absolute Gasteiger partial charge is 0.313 e. The normalized spacial score (nSPS) is 14.8. The summed E-state index contributed by atoms with van der Waals surface area (Å²) in [6.07, 6.45) is 3.31. The molecule has 6 nitrogen and oxygen atoms in total. The summed E-state index contributed by atoms with van der Waals surface area (Å²) in [6.45, 7) is 1.01. The van der Waals surface area contributed by atoms with E-state index in [9.17, 15) is 9.59 Å². The SMILES string of the molecule is O=C(Nc1ccccc1)N1CCN(c2cccnc2)C(=O)C1. The number of nitrogens with zero attached hydrogens (tertiary/aromatic N) is 3. The average Bonchev–Trinajstić information content (AvgIpc) is 2.56. The highest BCUT2D eigenvalue weighted by molar-refractivity contribution is 5.99. The second-order valence-corrected chi connectivity index (χ2v) is 4.97. The van der Waals surface area contributed by atoms with Gasteiger partial charge in [-0.15, -0.1) is 0 Å². The van der Waals surface area contributed by atoms with Gasteiger partial charge in [0.1, 0.15) is 6.54 Å². The second-order valence-electron chi connectivity index (χ2n) is 4.97. The predicted molar refractivity (Wildman–Crippen MR) is 83.6 cm³/mol. The lowest BCUT2D eigenvalue weighted by Gasteiger charge is -2.34. The van der Waals surface area contributed by atoms with E-state index in [2.05, 4.69) is 10.3 Å². The van der Waals surface area contributed by atoms with E-state index in [1.54, 1.807) is 23.4 Å². The molecule has 2 heterocycles. The van der Waals surface area contributed by atoms with E-state index in [1.165, 1.54) is 4.90 Å². The van der Waals surface area contributed by atoms with Crippen LogP contribution in [0.2, 0.25) is 0 Å². The van der Waals surface area contributed by atoms with Crippen LogP contribution < -0.4 is 10.2 Å². The van der Waals surface area contributed by atoms with Gasteiger partial charge in [0, 0.05) is 25.0 Å². The number of hydrogen-bond donors (Lipinski definition) is 1. The summed E-state index contributed by atoms with van der Waals surface area (Å²) in [6, 6.07) is 12.6. The van der Waals surface area contributed by atoms with Crippen molar-refractivity contribution in [1.29, 1.82) is 0 Å². The first kappa shape index (κ1) is 14.1. The number of nitrogens with one attached hydrogen (secondary N) is 1. The van der Waals surface area contributed by atoms with Gasteiger partial charge in [0.2, 0.25) is 5.91 Å². The van der Waals surface area contributed by atoms with Crippen molar-refractivity contribution in [3.05, 3.63) is 54.9 Å². The molecule has 0 spiro atoms. The van der Waals surface area contributed by atoms with Crippen molar-refractivity contribution in [3.63, 3.8) is 0 Å².